The molecule has 0 unspecified atom stereocenters. The van der Waals surface area contributed by atoms with Gasteiger partial charge < -0.3 is 15.4 Å². The van der Waals surface area contributed by atoms with Gasteiger partial charge in [0.2, 0.25) is 5.91 Å². The summed E-state index contributed by atoms with van der Waals surface area (Å²) in [4.78, 5) is 39.1. The predicted octanol–water partition coefficient (Wildman–Crippen LogP) is -0.419. The molecule has 7 nitrogen and oxygen atoms in total. The topological polar surface area (TPSA) is 115 Å². The summed E-state index contributed by atoms with van der Waals surface area (Å²) in [5, 5.41) is 11.7. The highest BCUT2D eigenvalue weighted by molar-refractivity contribution is 5.76. The number of carbonyl (C=O) groups excluding carboxylic acids is 1. The first kappa shape index (κ1) is 16.2. The number of aromatic nitrogens is 2. The van der Waals surface area contributed by atoms with Crippen LogP contribution >= 0.6 is 0 Å². The number of aliphatic hydroxyl groups is 1. The van der Waals surface area contributed by atoms with E-state index in [0.717, 1.165) is 0 Å². The van der Waals surface area contributed by atoms with Crippen LogP contribution in [0.4, 0.5) is 0 Å². The Bertz CT molecular complexity index is 586. The van der Waals surface area contributed by atoms with Crippen molar-refractivity contribution in [3.05, 3.63) is 32.1 Å². The van der Waals surface area contributed by atoms with Crippen LogP contribution in [0.5, 0.6) is 0 Å². The predicted molar refractivity (Wildman–Crippen MR) is 74.7 cm³/mol. The van der Waals surface area contributed by atoms with Gasteiger partial charge in [-0.1, -0.05) is 0 Å². The molecule has 0 bridgehead atoms. The van der Waals surface area contributed by atoms with Gasteiger partial charge in [0.1, 0.15) is 0 Å². The number of hydrogen-bond donors (Lipinski definition) is 4. The first-order valence-electron chi connectivity index (χ1n) is 6.49. The van der Waals surface area contributed by atoms with Crippen molar-refractivity contribution < 1.29 is 9.90 Å². The fourth-order valence-corrected chi connectivity index (χ4v) is 1.95. The van der Waals surface area contributed by atoms with Gasteiger partial charge in [0.25, 0.3) is 5.56 Å². The minimum atomic E-state index is -0.551. The molecule has 0 aliphatic rings. The standard InChI is InChI=1S/C13H21N3O4/c1-8-9(11(19)15-12(20)14-8)4-5-10(18)16-13(2,3)6-7-17/h17H,4-7H2,1-3H3,(H,16,18)(H2,14,15,19,20). The molecule has 0 saturated heterocycles. The van der Waals surface area contributed by atoms with Crippen LogP contribution < -0.4 is 16.6 Å². The molecule has 0 spiro atoms. The monoisotopic (exact) mass is 283 g/mol. The van der Waals surface area contributed by atoms with Gasteiger partial charge in [-0.3, -0.25) is 14.6 Å². The highest BCUT2D eigenvalue weighted by atomic mass is 16.3. The lowest BCUT2D eigenvalue weighted by molar-refractivity contribution is -0.122. The maximum absolute atomic E-state index is 11.8. The van der Waals surface area contributed by atoms with E-state index in [0.29, 0.717) is 17.7 Å². The number of aromatic amines is 2. The number of aryl methyl sites for hydroxylation is 1. The normalized spacial score (nSPS) is 11.4. The molecular formula is C13H21N3O4. The quantitative estimate of drug-likeness (QED) is 0.567. The number of aliphatic hydroxyl groups excluding tert-OH is 1. The fourth-order valence-electron chi connectivity index (χ4n) is 1.95. The van der Waals surface area contributed by atoms with Crippen molar-refractivity contribution in [1.29, 1.82) is 0 Å². The van der Waals surface area contributed by atoms with Gasteiger partial charge in [-0.25, -0.2) is 4.79 Å². The number of nitrogens with one attached hydrogen (secondary N) is 3. The van der Waals surface area contributed by atoms with Crippen LogP contribution in [0, 0.1) is 6.92 Å². The maximum atomic E-state index is 11.8. The van der Waals surface area contributed by atoms with Gasteiger partial charge in [0.05, 0.1) is 0 Å². The zero-order chi connectivity index (χ0) is 15.3. The van der Waals surface area contributed by atoms with E-state index in [9.17, 15) is 14.4 Å². The smallest absolute Gasteiger partial charge is 0.325 e. The molecule has 0 atom stereocenters. The van der Waals surface area contributed by atoms with Gasteiger partial charge in [-0.05, 0) is 33.6 Å². The molecule has 0 radical (unpaired) electrons. The van der Waals surface area contributed by atoms with Gasteiger partial charge in [0.15, 0.2) is 0 Å². The third kappa shape index (κ3) is 4.65. The maximum Gasteiger partial charge on any atom is 0.325 e. The van der Waals surface area contributed by atoms with Gasteiger partial charge in [0, 0.05) is 29.8 Å². The SMILES string of the molecule is Cc1[nH]c(=O)[nH]c(=O)c1CCC(=O)NC(C)(C)CCO. The second-order valence-electron chi connectivity index (χ2n) is 5.42. The summed E-state index contributed by atoms with van der Waals surface area (Å²) in [6.07, 6.45) is 0.848. The first-order valence-corrected chi connectivity index (χ1v) is 6.49. The summed E-state index contributed by atoms with van der Waals surface area (Å²) in [6, 6.07) is 0. The minimum absolute atomic E-state index is 0.00796. The molecule has 0 aliphatic heterocycles. The lowest BCUT2D eigenvalue weighted by atomic mass is 10.0. The van der Waals surface area contributed by atoms with Crippen molar-refractivity contribution >= 4 is 5.91 Å². The Balaban J connectivity index is 2.67. The largest absolute Gasteiger partial charge is 0.396 e. The molecule has 0 aliphatic carbocycles. The van der Waals surface area contributed by atoms with Crippen molar-refractivity contribution in [2.24, 2.45) is 0 Å². The Morgan fingerprint density at radius 1 is 1.30 bits per heavy atom. The minimum Gasteiger partial charge on any atom is -0.396 e. The van der Waals surface area contributed by atoms with Crippen LogP contribution in [0.1, 0.15) is 37.9 Å². The lowest BCUT2D eigenvalue weighted by Gasteiger charge is -2.25. The molecule has 0 saturated carbocycles. The van der Waals surface area contributed by atoms with Crippen LogP contribution in [-0.2, 0) is 11.2 Å². The van der Waals surface area contributed by atoms with Crippen molar-refractivity contribution in [3.8, 4) is 0 Å². The molecule has 20 heavy (non-hydrogen) atoms. The Kier molecular flexibility index (Phi) is 5.26. The molecule has 7 heteroatoms. The lowest BCUT2D eigenvalue weighted by Crippen LogP contribution is -2.44. The number of amides is 1. The van der Waals surface area contributed by atoms with E-state index in [-0.39, 0.29) is 25.4 Å². The van der Waals surface area contributed by atoms with Crippen LogP contribution in [0.3, 0.4) is 0 Å². The zero-order valence-electron chi connectivity index (χ0n) is 12.0. The fraction of sp³-hybridized carbons (Fsp3) is 0.615. The molecule has 1 rings (SSSR count). The summed E-state index contributed by atoms with van der Waals surface area (Å²) >= 11 is 0. The Hall–Kier alpha value is -1.89. The average molecular weight is 283 g/mol. The van der Waals surface area contributed by atoms with E-state index in [2.05, 4.69) is 15.3 Å². The van der Waals surface area contributed by atoms with E-state index in [1.54, 1.807) is 6.92 Å². The zero-order valence-corrected chi connectivity index (χ0v) is 12.0. The van der Waals surface area contributed by atoms with E-state index in [4.69, 9.17) is 5.11 Å². The Labute approximate surface area is 116 Å². The van der Waals surface area contributed by atoms with Crippen molar-refractivity contribution in [2.45, 2.75) is 45.6 Å². The molecule has 112 valence electrons. The highest BCUT2D eigenvalue weighted by Crippen LogP contribution is 2.08. The Morgan fingerprint density at radius 2 is 1.95 bits per heavy atom. The molecule has 1 aromatic heterocycles. The van der Waals surface area contributed by atoms with Crippen molar-refractivity contribution in [1.82, 2.24) is 15.3 Å². The number of hydrogen-bond acceptors (Lipinski definition) is 4. The molecule has 0 fully saturated rings. The van der Waals surface area contributed by atoms with E-state index in [1.165, 1.54) is 0 Å². The second-order valence-corrected chi connectivity index (χ2v) is 5.42. The summed E-state index contributed by atoms with van der Waals surface area (Å²) in [5.41, 5.74) is -0.627. The van der Waals surface area contributed by atoms with Gasteiger partial charge in [-0.2, -0.15) is 0 Å². The van der Waals surface area contributed by atoms with E-state index < -0.39 is 16.8 Å². The first-order chi connectivity index (χ1) is 9.25. The molecule has 0 aromatic carbocycles. The average Bonchev–Trinajstić information content (AvgIpc) is 2.26. The molecule has 1 heterocycles. The summed E-state index contributed by atoms with van der Waals surface area (Å²) in [7, 11) is 0. The number of rotatable bonds is 6. The number of carbonyl (C=O) groups is 1. The van der Waals surface area contributed by atoms with Crippen LogP contribution in [0.15, 0.2) is 9.59 Å². The third-order valence-corrected chi connectivity index (χ3v) is 3.07. The molecular weight excluding hydrogens is 262 g/mol. The van der Waals surface area contributed by atoms with Crippen LogP contribution in [0.25, 0.3) is 0 Å². The third-order valence-electron chi connectivity index (χ3n) is 3.07. The highest BCUT2D eigenvalue weighted by Gasteiger charge is 2.19. The van der Waals surface area contributed by atoms with Crippen LogP contribution in [-0.4, -0.2) is 33.1 Å². The van der Waals surface area contributed by atoms with Crippen molar-refractivity contribution in [2.75, 3.05) is 6.61 Å². The van der Waals surface area contributed by atoms with Crippen molar-refractivity contribution in [3.63, 3.8) is 0 Å². The van der Waals surface area contributed by atoms with E-state index >= 15 is 0 Å². The number of H-pyrrole nitrogens is 2. The van der Waals surface area contributed by atoms with Gasteiger partial charge >= 0.3 is 5.69 Å². The summed E-state index contributed by atoms with van der Waals surface area (Å²) < 4.78 is 0. The summed E-state index contributed by atoms with van der Waals surface area (Å²) in [5.74, 6) is -0.201. The molecule has 4 N–H and O–H groups in total. The Morgan fingerprint density at radius 3 is 2.50 bits per heavy atom. The van der Waals surface area contributed by atoms with E-state index in [1.807, 2.05) is 13.8 Å². The van der Waals surface area contributed by atoms with Crippen LogP contribution in [0.2, 0.25) is 0 Å². The molecule has 1 amide bonds. The van der Waals surface area contributed by atoms with Gasteiger partial charge in [-0.15, -0.1) is 0 Å². The second kappa shape index (κ2) is 6.51. The molecule has 1 aromatic rings. The summed E-state index contributed by atoms with van der Waals surface area (Å²) in [6.45, 7) is 5.25.